The molecule has 2 aromatic rings. The minimum atomic E-state index is -1.10. The van der Waals surface area contributed by atoms with E-state index in [0.717, 1.165) is 11.3 Å². The van der Waals surface area contributed by atoms with Gasteiger partial charge < -0.3 is 14.6 Å². The molecule has 0 saturated heterocycles. The molecule has 126 valence electrons. The molecule has 24 heavy (non-hydrogen) atoms. The number of benzene rings is 2. The average molecular weight is 368 g/mol. The second-order valence-electron chi connectivity index (χ2n) is 4.86. The summed E-state index contributed by atoms with van der Waals surface area (Å²) in [5.41, 5.74) is 2.29. The zero-order valence-corrected chi connectivity index (χ0v) is 14.6. The number of carboxylic acid groups (broad SMARTS) is 1. The fourth-order valence-corrected chi connectivity index (χ4v) is 2.41. The van der Waals surface area contributed by atoms with E-state index in [1.54, 1.807) is 24.4 Å². The number of hydrogen-bond donors (Lipinski definition) is 1. The predicted molar refractivity (Wildman–Crippen MR) is 94.6 cm³/mol. The lowest BCUT2D eigenvalue weighted by atomic mass is 10.2. The number of rotatable bonds is 6. The maximum Gasteiger partial charge on any atom is 0.341 e. The summed E-state index contributed by atoms with van der Waals surface area (Å²) < 4.78 is 10.4. The summed E-state index contributed by atoms with van der Waals surface area (Å²) >= 11 is 12.2. The summed E-state index contributed by atoms with van der Waals surface area (Å²) in [6.07, 6.45) is 1.62. The molecule has 0 bridgehead atoms. The number of halogens is 2. The van der Waals surface area contributed by atoms with Crippen molar-refractivity contribution in [3.8, 4) is 11.5 Å². The molecule has 2 rings (SSSR count). The van der Waals surface area contributed by atoms with Crippen molar-refractivity contribution in [2.24, 2.45) is 4.99 Å². The standard InChI is InChI=1S/C17H15Cl2NO4/c1-10-12(18)4-3-5-14(10)20-8-11-6-13(19)17(15(7-11)23-2)24-9-16(21)22/h3-8H,9H2,1-2H3,(H,21,22). The summed E-state index contributed by atoms with van der Waals surface area (Å²) in [5, 5.41) is 9.57. The first-order chi connectivity index (χ1) is 11.4. The van der Waals surface area contributed by atoms with E-state index in [9.17, 15) is 4.79 Å². The van der Waals surface area contributed by atoms with Gasteiger partial charge in [0.15, 0.2) is 18.1 Å². The van der Waals surface area contributed by atoms with Crippen molar-refractivity contribution in [3.05, 3.63) is 51.5 Å². The molecular weight excluding hydrogens is 353 g/mol. The third-order valence-corrected chi connectivity index (χ3v) is 3.87. The quantitative estimate of drug-likeness (QED) is 0.761. The van der Waals surface area contributed by atoms with Crippen molar-refractivity contribution in [3.63, 3.8) is 0 Å². The van der Waals surface area contributed by atoms with Crippen molar-refractivity contribution in [1.82, 2.24) is 0 Å². The van der Waals surface area contributed by atoms with Crippen molar-refractivity contribution < 1.29 is 19.4 Å². The van der Waals surface area contributed by atoms with Gasteiger partial charge in [0, 0.05) is 11.2 Å². The molecule has 5 nitrogen and oxygen atoms in total. The SMILES string of the molecule is COc1cc(C=Nc2cccc(Cl)c2C)cc(Cl)c1OCC(=O)O. The van der Waals surface area contributed by atoms with E-state index < -0.39 is 12.6 Å². The fraction of sp³-hybridized carbons (Fsp3) is 0.176. The van der Waals surface area contributed by atoms with Gasteiger partial charge in [-0.15, -0.1) is 0 Å². The molecule has 0 fully saturated rings. The van der Waals surface area contributed by atoms with Crippen LogP contribution in [0.25, 0.3) is 0 Å². The number of carbonyl (C=O) groups is 1. The van der Waals surface area contributed by atoms with Crippen molar-refractivity contribution in [1.29, 1.82) is 0 Å². The van der Waals surface area contributed by atoms with Crippen molar-refractivity contribution >= 4 is 41.1 Å². The minimum absolute atomic E-state index is 0.178. The van der Waals surface area contributed by atoms with E-state index in [2.05, 4.69) is 4.99 Å². The molecule has 0 aliphatic heterocycles. The minimum Gasteiger partial charge on any atom is -0.493 e. The third kappa shape index (κ3) is 4.40. The molecule has 2 aromatic carbocycles. The van der Waals surface area contributed by atoms with Gasteiger partial charge in [0.25, 0.3) is 0 Å². The largest absolute Gasteiger partial charge is 0.493 e. The highest BCUT2D eigenvalue weighted by atomic mass is 35.5. The highest BCUT2D eigenvalue weighted by molar-refractivity contribution is 6.32. The lowest BCUT2D eigenvalue weighted by molar-refractivity contribution is -0.139. The van der Waals surface area contributed by atoms with Crippen LogP contribution in [0.15, 0.2) is 35.3 Å². The van der Waals surface area contributed by atoms with E-state index in [1.807, 2.05) is 19.1 Å². The van der Waals surface area contributed by atoms with Gasteiger partial charge >= 0.3 is 5.97 Å². The topological polar surface area (TPSA) is 68.1 Å². The lowest BCUT2D eigenvalue weighted by Gasteiger charge is -2.11. The van der Waals surface area contributed by atoms with Crippen molar-refractivity contribution in [2.75, 3.05) is 13.7 Å². The summed E-state index contributed by atoms with van der Waals surface area (Å²) in [7, 11) is 1.45. The van der Waals surface area contributed by atoms with Gasteiger partial charge in [0.1, 0.15) is 0 Å². The molecule has 0 amide bonds. The Hall–Kier alpha value is -2.24. The summed E-state index contributed by atoms with van der Waals surface area (Å²) in [4.78, 5) is 15.0. The number of hydrogen-bond acceptors (Lipinski definition) is 4. The Morgan fingerprint density at radius 3 is 2.71 bits per heavy atom. The van der Waals surface area contributed by atoms with Gasteiger partial charge in [-0.25, -0.2) is 4.79 Å². The molecular formula is C17H15Cl2NO4. The normalized spacial score (nSPS) is 10.8. The zero-order valence-electron chi connectivity index (χ0n) is 13.0. The summed E-state index contributed by atoms with van der Waals surface area (Å²) in [5.74, 6) is -0.596. The maximum atomic E-state index is 10.6. The second kappa shape index (κ2) is 8.04. The van der Waals surface area contributed by atoms with Crippen LogP contribution in [-0.4, -0.2) is 31.0 Å². The number of nitrogens with zero attached hydrogens (tertiary/aromatic N) is 1. The first-order valence-corrected chi connectivity index (χ1v) is 7.69. The van der Waals surface area contributed by atoms with Crippen LogP contribution in [0.1, 0.15) is 11.1 Å². The van der Waals surface area contributed by atoms with Crippen LogP contribution >= 0.6 is 23.2 Å². The van der Waals surface area contributed by atoms with Crippen LogP contribution in [-0.2, 0) is 4.79 Å². The predicted octanol–water partition coefficient (Wildman–Crippen LogP) is 4.52. The molecule has 0 aliphatic carbocycles. The van der Waals surface area contributed by atoms with Gasteiger partial charge in [0.05, 0.1) is 17.8 Å². The van der Waals surface area contributed by atoms with Crippen LogP contribution < -0.4 is 9.47 Å². The van der Waals surface area contributed by atoms with Crippen molar-refractivity contribution in [2.45, 2.75) is 6.92 Å². The highest BCUT2D eigenvalue weighted by Gasteiger charge is 2.13. The van der Waals surface area contributed by atoms with E-state index in [-0.39, 0.29) is 10.8 Å². The molecule has 0 spiro atoms. The molecule has 0 aliphatic rings. The third-order valence-electron chi connectivity index (χ3n) is 3.18. The Labute approximate surface area is 149 Å². The molecule has 0 unspecified atom stereocenters. The van der Waals surface area contributed by atoms with E-state index in [0.29, 0.717) is 16.3 Å². The number of methoxy groups -OCH3 is 1. The summed E-state index contributed by atoms with van der Waals surface area (Å²) in [6.45, 7) is 1.37. The highest BCUT2D eigenvalue weighted by Crippen LogP contribution is 2.36. The van der Waals surface area contributed by atoms with Crippen LogP contribution in [0.4, 0.5) is 5.69 Å². The molecule has 0 saturated carbocycles. The van der Waals surface area contributed by atoms with Crippen LogP contribution in [0, 0.1) is 6.92 Å². The molecule has 0 aromatic heterocycles. The number of carboxylic acids is 1. The van der Waals surface area contributed by atoms with Gasteiger partial charge in [-0.1, -0.05) is 29.3 Å². The Bertz CT molecular complexity index is 790. The van der Waals surface area contributed by atoms with E-state index in [1.165, 1.54) is 7.11 Å². The van der Waals surface area contributed by atoms with Crippen LogP contribution in [0.5, 0.6) is 11.5 Å². The van der Waals surface area contributed by atoms with Crippen LogP contribution in [0.3, 0.4) is 0 Å². The fourth-order valence-electron chi connectivity index (χ4n) is 1.97. The molecule has 7 heteroatoms. The molecule has 0 heterocycles. The summed E-state index contributed by atoms with van der Waals surface area (Å²) in [6, 6.07) is 8.74. The number of ether oxygens (including phenoxy) is 2. The lowest BCUT2D eigenvalue weighted by Crippen LogP contribution is -2.10. The average Bonchev–Trinajstić information content (AvgIpc) is 2.54. The van der Waals surface area contributed by atoms with Gasteiger partial charge in [0.2, 0.25) is 0 Å². The smallest absolute Gasteiger partial charge is 0.341 e. The number of aliphatic imine (C=N–C) groups is 1. The van der Waals surface area contributed by atoms with E-state index in [4.69, 9.17) is 37.8 Å². The monoisotopic (exact) mass is 367 g/mol. The Balaban J connectivity index is 2.31. The van der Waals surface area contributed by atoms with E-state index >= 15 is 0 Å². The Kier molecular flexibility index (Phi) is 6.06. The van der Waals surface area contributed by atoms with Gasteiger partial charge in [-0.05, 0) is 42.3 Å². The maximum absolute atomic E-state index is 10.6. The zero-order chi connectivity index (χ0) is 17.7. The Morgan fingerprint density at radius 2 is 2.04 bits per heavy atom. The number of aliphatic carboxylic acids is 1. The van der Waals surface area contributed by atoms with Gasteiger partial charge in [-0.2, -0.15) is 0 Å². The second-order valence-corrected chi connectivity index (χ2v) is 5.67. The van der Waals surface area contributed by atoms with Gasteiger partial charge in [-0.3, -0.25) is 4.99 Å². The first-order valence-electron chi connectivity index (χ1n) is 6.93. The van der Waals surface area contributed by atoms with Crippen LogP contribution in [0.2, 0.25) is 10.0 Å². The Morgan fingerprint density at radius 1 is 1.29 bits per heavy atom. The first kappa shape index (κ1) is 18.1. The molecule has 1 N–H and O–H groups in total. The molecule has 0 radical (unpaired) electrons. The molecule has 0 atom stereocenters.